The van der Waals surface area contributed by atoms with Crippen LogP contribution < -0.4 is 5.43 Å². The fourth-order valence-corrected chi connectivity index (χ4v) is 5.29. The van der Waals surface area contributed by atoms with Crippen molar-refractivity contribution in [2.24, 2.45) is 5.92 Å². The number of benzene rings is 2. The second-order valence-corrected chi connectivity index (χ2v) is 10.9. The van der Waals surface area contributed by atoms with Gasteiger partial charge < -0.3 is 4.42 Å². The molecule has 0 N–H and O–H groups in total. The highest BCUT2D eigenvalue weighted by Gasteiger charge is 2.24. The lowest BCUT2D eigenvalue weighted by molar-refractivity contribution is 0.151. The minimum atomic E-state index is -0.510. The highest BCUT2D eigenvalue weighted by molar-refractivity contribution is 6.30. The molecule has 2 aromatic carbocycles. The molecule has 4 aromatic rings. The van der Waals surface area contributed by atoms with Crippen molar-refractivity contribution in [1.29, 1.82) is 0 Å². The smallest absolute Gasteiger partial charge is 0.193 e. The van der Waals surface area contributed by atoms with Crippen molar-refractivity contribution in [2.75, 3.05) is 6.54 Å². The van der Waals surface area contributed by atoms with Crippen LogP contribution >= 0.6 is 11.6 Å². The maximum absolute atomic E-state index is 14.7. The van der Waals surface area contributed by atoms with E-state index in [1.165, 1.54) is 31.7 Å². The van der Waals surface area contributed by atoms with E-state index in [9.17, 15) is 9.18 Å². The first-order valence-corrected chi connectivity index (χ1v) is 14.0. The summed E-state index contributed by atoms with van der Waals surface area (Å²) >= 11 is 5.94. The molecule has 4 nitrogen and oxygen atoms in total. The predicted octanol–water partition coefficient (Wildman–Crippen LogP) is 7.84. The van der Waals surface area contributed by atoms with Crippen LogP contribution in [0, 0.1) is 23.6 Å². The summed E-state index contributed by atoms with van der Waals surface area (Å²) in [6.45, 7) is 6.13. The normalized spacial score (nSPS) is 14.5. The molecule has 0 radical (unpaired) electrons. The average Bonchev–Trinajstić information content (AvgIpc) is 3.48. The van der Waals surface area contributed by atoms with E-state index >= 15 is 0 Å². The predicted molar refractivity (Wildman–Crippen MR) is 155 cm³/mol. The Morgan fingerprint density at radius 2 is 1.85 bits per heavy atom. The van der Waals surface area contributed by atoms with Crippen molar-refractivity contribution < 1.29 is 8.81 Å². The maximum Gasteiger partial charge on any atom is 0.193 e. The molecular weight excluding hydrogens is 511 g/mol. The molecule has 0 aliphatic heterocycles. The van der Waals surface area contributed by atoms with Gasteiger partial charge in [-0.15, -0.1) is 0 Å². The number of rotatable bonds is 7. The molecule has 1 atom stereocenters. The van der Waals surface area contributed by atoms with Crippen LogP contribution in [0.15, 0.2) is 70.0 Å². The number of nitrogens with zero attached hydrogens (tertiary/aromatic N) is 2. The summed E-state index contributed by atoms with van der Waals surface area (Å²) in [5.41, 5.74) is 2.54. The Hall–Kier alpha value is -3.46. The van der Waals surface area contributed by atoms with E-state index in [1.807, 2.05) is 12.1 Å². The molecule has 39 heavy (non-hydrogen) atoms. The largest absolute Gasteiger partial charge is 0.459 e. The number of halogens is 2. The molecule has 1 aliphatic rings. The van der Waals surface area contributed by atoms with Crippen molar-refractivity contribution in [3.8, 4) is 23.0 Å². The lowest BCUT2D eigenvalue weighted by atomic mass is 10.1. The van der Waals surface area contributed by atoms with Gasteiger partial charge in [0.2, 0.25) is 0 Å². The van der Waals surface area contributed by atoms with E-state index in [0.717, 1.165) is 18.5 Å². The highest BCUT2D eigenvalue weighted by atomic mass is 35.5. The van der Waals surface area contributed by atoms with E-state index in [0.29, 0.717) is 51.4 Å². The van der Waals surface area contributed by atoms with E-state index < -0.39 is 5.82 Å². The summed E-state index contributed by atoms with van der Waals surface area (Å²) in [5, 5.41) is 1.08. The van der Waals surface area contributed by atoms with Gasteiger partial charge in [0.1, 0.15) is 17.0 Å². The van der Waals surface area contributed by atoms with Gasteiger partial charge in [-0.2, -0.15) is 0 Å². The van der Waals surface area contributed by atoms with E-state index in [-0.39, 0.29) is 11.1 Å². The quantitative estimate of drug-likeness (QED) is 0.223. The van der Waals surface area contributed by atoms with Gasteiger partial charge in [0.05, 0.1) is 11.9 Å². The molecule has 200 valence electrons. The Labute approximate surface area is 233 Å². The molecule has 6 heteroatoms. The molecule has 0 saturated heterocycles. The molecule has 2 heterocycles. The number of fused-ring (bicyclic) bond motifs is 1. The summed E-state index contributed by atoms with van der Waals surface area (Å²) < 4.78 is 20.9. The van der Waals surface area contributed by atoms with E-state index in [2.05, 4.69) is 35.6 Å². The summed E-state index contributed by atoms with van der Waals surface area (Å²) in [6, 6.07) is 15.9. The van der Waals surface area contributed by atoms with Gasteiger partial charge in [0, 0.05) is 41.0 Å². The molecule has 2 aromatic heterocycles. The Morgan fingerprint density at radius 1 is 1.08 bits per heavy atom. The molecule has 5 rings (SSSR count). The Morgan fingerprint density at radius 3 is 2.56 bits per heavy atom. The van der Waals surface area contributed by atoms with Crippen molar-refractivity contribution in [2.45, 2.75) is 58.5 Å². The van der Waals surface area contributed by atoms with Crippen molar-refractivity contribution >= 4 is 22.6 Å². The van der Waals surface area contributed by atoms with E-state index in [1.54, 1.807) is 42.6 Å². The molecule has 0 bridgehead atoms. The fraction of sp³-hybridized carbons (Fsp3) is 0.333. The average molecular weight is 543 g/mol. The van der Waals surface area contributed by atoms with Crippen LogP contribution in [0.2, 0.25) is 5.02 Å². The van der Waals surface area contributed by atoms with Crippen LogP contribution in [0.4, 0.5) is 4.39 Å². The zero-order chi connectivity index (χ0) is 27.4. The third-order valence-electron chi connectivity index (χ3n) is 7.57. The first kappa shape index (κ1) is 27.1. The van der Waals surface area contributed by atoms with Gasteiger partial charge >= 0.3 is 0 Å². The topological polar surface area (TPSA) is 46.3 Å². The Bertz CT molecular complexity index is 1580. The van der Waals surface area contributed by atoms with Crippen molar-refractivity contribution in [3.63, 3.8) is 0 Å². The monoisotopic (exact) mass is 542 g/mol. The lowest BCUT2D eigenvalue weighted by Gasteiger charge is -2.30. The van der Waals surface area contributed by atoms with Crippen LogP contribution in [-0.2, 0) is 6.54 Å². The van der Waals surface area contributed by atoms with Gasteiger partial charge in [-0.05, 0) is 66.6 Å². The molecule has 0 amide bonds. The van der Waals surface area contributed by atoms with Gasteiger partial charge in [-0.3, -0.25) is 9.69 Å². The van der Waals surface area contributed by atoms with Gasteiger partial charge in [-0.1, -0.05) is 62.8 Å². The fourth-order valence-electron chi connectivity index (χ4n) is 5.17. The number of hydrogen-bond acceptors (Lipinski definition) is 4. The van der Waals surface area contributed by atoms with Crippen molar-refractivity contribution in [3.05, 3.63) is 98.9 Å². The van der Waals surface area contributed by atoms with E-state index in [4.69, 9.17) is 16.0 Å². The third kappa shape index (κ3) is 6.58. The number of aromatic nitrogens is 1. The summed E-state index contributed by atoms with van der Waals surface area (Å²) in [4.78, 5) is 19.7. The van der Waals surface area contributed by atoms with Gasteiger partial charge in [0.15, 0.2) is 11.2 Å². The third-order valence-corrected chi connectivity index (χ3v) is 7.82. The van der Waals surface area contributed by atoms with Crippen LogP contribution in [0.25, 0.3) is 22.1 Å². The molecule has 1 fully saturated rings. The molecule has 0 spiro atoms. The summed E-state index contributed by atoms with van der Waals surface area (Å²) in [7, 11) is 0. The molecule has 1 saturated carbocycles. The zero-order valence-electron chi connectivity index (χ0n) is 22.3. The highest BCUT2D eigenvalue weighted by Crippen LogP contribution is 2.27. The zero-order valence-corrected chi connectivity index (χ0v) is 23.1. The minimum Gasteiger partial charge on any atom is -0.459 e. The van der Waals surface area contributed by atoms with Crippen LogP contribution in [0.1, 0.15) is 63.0 Å². The van der Waals surface area contributed by atoms with Gasteiger partial charge in [0.25, 0.3) is 0 Å². The second-order valence-electron chi connectivity index (χ2n) is 10.5. The number of pyridine rings is 1. The SMILES string of the molecule is CCC(C)CN(Cc1cc(=O)c2cc(C#Cc3ncc(-c4ccc(Cl)cc4)cc3F)ccc2o1)C1CCCC1. The molecular formula is C33H32ClFN2O2. The molecule has 1 aliphatic carbocycles. The van der Waals surface area contributed by atoms with Crippen LogP contribution in [0.3, 0.4) is 0 Å². The van der Waals surface area contributed by atoms with Crippen molar-refractivity contribution in [1.82, 2.24) is 9.88 Å². The van der Waals surface area contributed by atoms with Gasteiger partial charge in [-0.25, -0.2) is 9.37 Å². The first-order chi connectivity index (χ1) is 18.9. The summed E-state index contributed by atoms with van der Waals surface area (Å²) in [5.74, 6) is 6.51. The Kier molecular flexibility index (Phi) is 8.45. The standard InChI is InChI=1S/C33H32ClFN2O2/c1-3-22(2)20-37(27-6-4-5-7-27)21-28-18-32(38)29-16-23(9-15-33(29)39-28)8-14-31-30(35)17-25(19-36-31)24-10-12-26(34)13-11-24/h9-13,15-19,22,27H,3-7,20-21H2,1-2H3. The number of hydrogen-bond donors (Lipinski definition) is 0. The first-order valence-electron chi connectivity index (χ1n) is 13.6. The Balaban J connectivity index is 1.36. The second kappa shape index (κ2) is 12.2. The van der Waals surface area contributed by atoms with Crippen LogP contribution in [-0.4, -0.2) is 22.5 Å². The maximum atomic E-state index is 14.7. The van der Waals surface area contributed by atoms with Crippen LogP contribution in [0.5, 0.6) is 0 Å². The minimum absolute atomic E-state index is 0.0449. The summed E-state index contributed by atoms with van der Waals surface area (Å²) in [6.07, 6.45) is 7.65. The molecule has 1 unspecified atom stereocenters. The lowest BCUT2D eigenvalue weighted by Crippen LogP contribution is -2.36.